The van der Waals surface area contributed by atoms with Crippen LogP contribution in [0.25, 0.3) is 0 Å². The highest BCUT2D eigenvalue weighted by molar-refractivity contribution is 7.98. The monoisotopic (exact) mass is 297 g/mol. The van der Waals surface area contributed by atoms with Gasteiger partial charge < -0.3 is 0 Å². The predicted octanol–water partition coefficient (Wildman–Crippen LogP) is 4.58. The molecule has 0 aliphatic heterocycles. The zero-order valence-electron chi connectivity index (χ0n) is 10.7. The van der Waals surface area contributed by atoms with Gasteiger partial charge in [0.05, 0.1) is 5.56 Å². The topological polar surface area (TPSA) is 12.9 Å². The molecule has 0 aliphatic carbocycles. The molecule has 2 aromatic rings. The number of nitrogens with zero attached hydrogens (tertiary/aromatic N) is 1. The van der Waals surface area contributed by atoms with Crippen molar-refractivity contribution in [2.45, 2.75) is 18.3 Å². The average Bonchev–Trinajstić information content (AvgIpc) is 2.44. The number of rotatable bonds is 5. The normalized spacial score (nSPS) is 11.6. The molecule has 106 valence electrons. The number of benzene rings is 1. The number of halogens is 3. The quantitative estimate of drug-likeness (QED) is 0.749. The van der Waals surface area contributed by atoms with E-state index in [2.05, 4.69) is 4.98 Å². The van der Waals surface area contributed by atoms with Crippen molar-refractivity contribution in [1.29, 1.82) is 0 Å². The lowest BCUT2D eigenvalue weighted by Gasteiger charge is -2.12. The SMILES string of the molecule is FC(F)(F)c1ccccc1CSCCc1ccccn1. The molecule has 0 aliphatic rings. The summed E-state index contributed by atoms with van der Waals surface area (Å²) in [6.07, 6.45) is -1.79. The minimum Gasteiger partial charge on any atom is -0.261 e. The van der Waals surface area contributed by atoms with Crippen molar-refractivity contribution < 1.29 is 13.2 Å². The third-order valence-electron chi connectivity index (χ3n) is 2.81. The minimum atomic E-state index is -4.28. The van der Waals surface area contributed by atoms with Crippen LogP contribution in [0.3, 0.4) is 0 Å². The maximum Gasteiger partial charge on any atom is 0.416 e. The molecule has 0 N–H and O–H groups in total. The largest absolute Gasteiger partial charge is 0.416 e. The van der Waals surface area contributed by atoms with Gasteiger partial charge >= 0.3 is 6.18 Å². The number of alkyl halides is 3. The zero-order valence-corrected chi connectivity index (χ0v) is 11.5. The van der Waals surface area contributed by atoms with E-state index in [0.717, 1.165) is 23.9 Å². The first-order valence-electron chi connectivity index (χ1n) is 6.20. The van der Waals surface area contributed by atoms with Crippen molar-refractivity contribution >= 4 is 11.8 Å². The van der Waals surface area contributed by atoms with Crippen LogP contribution in [0.2, 0.25) is 0 Å². The molecule has 1 aromatic heterocycles. The van der Waals surface area contributed by atoms with E-state index in [-0.39, 0.29) is 0 Å². The van der Waals surface area contributed by atoms with Crippen LogP contribution < -0.4 is 0 Å². The van der Waals surface area contributed by atoms with E-state index in [9.17, 15) is 13.2 Å². The summed E-state index contributed by atoms with van der Waals surface area (Å²) in [6, 6.07) is 11.4. The molecule has 0 saturated carbocycles. The number of hydrogen-bond acceptors (Lipinski definition) is 2. The van der Waals surface area contributed by atoms with Crippen molar-refractivity contribution in [2.24, 2.45) is 0 Å². The lowest BCUT2D eigenvalue weighted by atomic mass is 10.1. The number of hydrogen-bond donors (Lipinski definition) is 0. The first-order valence-corrected chi connectivity index (χ1v) is 7.35. The molecule has 0 bridgehead atoms. The van der Waals surface area contributed by atoms with Crippen LogP contribution in [-0.4, -0.2) is 10.7 Å². The fourth-order valence-electron chi connectivity index (χ4n) is 1.83. The van der Waals surface area contributed by atoms with Gasteiger partial charge in [-0.3, -0.25) is 4.98 Å². The first kappa shape index (κ1) is 14.9. The van der Waals surface area contributed by atoms with Crippen molar-refractivity contribution in [3.05, 3.63) is 65.5 Å². The molecule has 0 unspecified atom stereocenters. The van der Waals surface area contributed by atoms with Crippen LogP contribution in [0.1, 0.15) is 16.8 Å². The summed E-state index contributed by atoms with van der Waals surface area (Å²) in [5, 5.41) is 0. The van der Waals surface area contributed by atoms with E-state index in [1.807, 2.05) is 18.2 Å². The van der Waals surface area contributed by atoms with Gasteiger partial charge in [-0.2, -0.15) is 24.9 Å². The van der Waals surface area contributed by atoms with Gasteiger partial charge in [-0.15, -0.1) is 0 Å². The lowest BCUT2D eigenvalue weighted by molar-refractivity contribution is -0.138. The average molecular weight is 297 g/mol. The molecule has 1 heterocycles. The molecule has 2 rings (SSSR count). The number of pyridine rings is 1. The molecule has 1 aromatic carbocycles. The van der Waals surface area contributed by atoms with Crippen LogP contribution in [0.15, 0.2) is 48.7 Å². The standard InChI is InChI=1S/C15H14F3NS/c16-15(17,18)14-7-2-1-5-12(14)11-20-10-8-13-6-3-4-9-19-13/h1-7,9H,8,10-11H2. The predicted molar refractivity (Wildman–Crippen MR) is 75.5 cm³/mol. The van der Waals surface area contributed by atoms with Gasteiger partial charge in [0.1, 0.15) is 0 Å². The molecular weight excluding hydrogens is 283 g/mol. The molecule has 0 saturated heterocycles. The van der Waals surface area contributed by atoms with Gasteiger partial charge in [-0.25, -0.2) is 0 Å². The van der Waals surface area contributed by atoms with Gasteiger partial charge in [-0.1, -0.05) is 24.3 Å². The van der Waals surface area contributed by atoms with Crippen molar-refractivity contribution in [3.63, 3.8) is 0 Å². The second-order valence-corrected chi connectivity index (χ2v) is 5.38. The molecule has 20 heavy (non-hydrogen) atoms. The highest BCUT2D eigenvalue weighted by Gasteiger charge is 2.32. The fraction of sp³-hybridized carbons (Fsp3) is 0.267. The van der Waals surface area contributed by atoms with Crippen molar-refractivity contribution in [2.75, 3.05) is 5.75 Å². The van der Waals surface area contributed by atoms with E-state index in [0.29, 0.717) is 11.3 Å². The Labute approximate surface area is 120 Å². The fourth-order valence-corrected chi connectivity index (χ4v) is 2.80. The van der Waals surface area contributed by atoms with E-state index in [4.69, 9.17) is 0 Å². The third kappa shape index (κ3) is 4.27. The number of aryl methyl sites for hydroxylation is 1. The highest BCUT2D eigenvalue weighted by atomic mass is 32.2. The van der Waals surface area contributed by atoms with Crippen molar-refractivity contribution in [1.82, 2.24) is 4.98 Å². The second-order valence-electron chi connectivity index (χ2n) is 4.28. The first-order chi connectivity index (χ1) is 9.57. The maximum atomic E-state index is 12.8. The van der Waals surface area contributed by atoms with Crippen LogP contribution in [0.4, 0.5) is 13.2 Å². The Kier molecular flexibility index (Phi) is 5.06. The molecule has 0 atom stereocenters. The Bertz CT molecular complexity index is 540. The summed E-state index contributed by atoms with van der Waals surface area (Å²) < 4.78 is 38.4. The van der Waals surface area contributed by atoms with Gasteiger partial charge in [0.25, 0.3) is 0 Å². The van der Waals surface area contributed by atoms with Gasteiger partial charge in [0, 0.05) is 17.6 Å². The molecule has 1 nitrogen and oxygen atoms in total. The summed E-state index contributed by atoms with van der Waals surface area (Å²) in [6.45, 7) is 0. The van der Waals surface area contributed by atoms with Crippen LogP contribution in [0, 0.1) is 0 Å². The van der Waals surface area contributed by atoms with Gasteiger partial charge in [0.15, 0.2) is 0 Å². The highest BCUT2D eigenvalue weighted by Crippen LogP contribution is 2.33. The summed E-state index contributed by atoms with van der Waals surface area (Å²) >= 11 is 1.49. The van der Waals surface area contributed by atoms with Crippen LogP contribution in [0.5, 0.6) is 0 Å². The summed E-state index contributed by atoms with van der Waals surface area (Å²) in [7, 11) is 0. The Morgan fingerprint density at radius 3 is 2.45 bits per heavy atom. The summed E-state index contributed by atoms with van der Waals surface area (Å²) in [5.74, 6) is 1.12. The maximum absolute atomic E-state index is 12.8. The second kappa shape index (κ2) is 6.79. The Morgan fingerprint density at radius 1 is 1.00 bits per heavy atom. The number of thioether (sulfide) groups is 1. The van der Waals surface area contributed by atoms with E-state index in [1.54, 1.807) is 12.3 Å². The summed E-state index contributed by atoms with van der Waals surface area (Å²) in [5.41, 5.74) is 0.764. The van der Waals surface area contributed by atoms with Gasteiger partial charge in [-0.05, 0) is 35.9 Å². The molecular formula is C15H14F3NS. The van der Waals surface area contributed by atoms with Crippen LogP contribution in [-0.2, 0) is 18.3 Å². The lowest BCUT2D eigenvalue weighted by Crippen LogP contribution is -2.08. The Hall–Kier alpha value is -1.49. The van der Waals surface area contributed by atoms with E-state index in [1.165, 1.54) is 23.9 Å². The van der Waals surface area contributed by atoms with E-state index < -0.39 is 11.7 Å². The molecule has 0 radical (unpaired) electrons. The minimum absolute atomic E-state index is 0.339. The smallest absolute Gasteiger partial charge is 0.261 e. The Balaban J connectivity index is 1.89. The zero-order chi connectivity index (χ0) is 14.4. The van der Waals surface area contributed by atoms with E-state index >= 15 is 0 Å². The van der Waals surface area contributed by atoms with Crippen molar-refractivity contribution in [3.8, 4) is 0 Å². The Morgan fingerprint density at radius 2 is 1.75 bits per heavy atom. The third-order valence-corrected chi connectivity index (χ3v) is 3.82. The molecule has 0 spiro atoms. The number of aromatic nitrogens is 1. The van der Waals surface area contributed by atoms with Crippen LogP contribution >= 0.6 is 11.8 Å². The van der Waals surface area contributed by atoms with Gasteiger partial charge in [0.2, 0.25) is 0 Å². The summed E-state index contributed by atoms with van der Waals surface area (Å²) in [4.78, 5) is 4.19. The molecule has 0 amide bonds. The molecule has 0 fully saturated rings. The molecule has 5 heteroatoms.